The van der Waals surface area contributed by atoms with Crippen molar-refractivity contribution in [1.29, 1.82) is 0 Å². The second-order valence-electron chi connectivity index (χ2n) is 8.18. The molecule has 0 atom stereocenters. The van der Waals surface area contributed by atoms with E-state index in [9.17, 15) is 9.59 Å². The van der Waals surface area contributed by atoms with Crippen molar-refractivity contribution in [2.24, 2.45) is 5.73 Å². The van der Waals surface area contributed by atoms with Gasteiger partial charge in [-0.15, -0.1) is 0 Å². The molecule has 7 nitrogen and oxygen atoms in total. The highest BCUT2D eigenvalue weighted by Gasteiger charge is 2.16. The van der Waals surface area contributed by atoms with Gasteiger partial charge in [0.1, 0.15) is 13.2 Å². The Morgan fingerprint density at radius 3 is 2.54 bits per heavy atom. The fourth-order valence-electron chi connectivity index (χ4n) is 4.04. The summed E-state index contributed by atoms with van der Waals surface area (Å²) in [6.45, 7) is 4.87. The monoisotopic (exact) mass is 465 g/mol. The number of fused-ring (bicyclic) bond motifs is 2. The molecule has 35 heavy (non-hydrogen) atoms. The van der Waals surface area contributed by atoms with Gasteiger partial charge in [-0.05, 0) is 65.7 Å². The Morgan fingerprint density at radius 2 is 1.74 bits per heavy atom. The van der Waals surface area contributed by atoms with Gasteiger partial charge in [0.25, 0.3) is 5.91 Å². The first kappa shape index (κ1) is 22.2. The van der Waals surface area contributed by atoms with E-state index in [1.807, 2.05) is 30.3 Å². The molecule has 1 aromatic heterocycles. The van der Waals surface area contributed by atoms with Crippen molar-refractivity contribution in [1.82, 2.24) is 4.98 Å². The van der Waals surface area contributed by atoms with Gasteiger partial charge in [-0.2, -0.15) is 0 Å². The number of pyridine rings is 1. The summed E-state index contributed by atoms with van der Waals surface area (Å²) < 4.78 is 11.1. The van der Waals surface area contributed by atoms with Crippen LogP contribution in [0, 0.1) is 0 Å². The predicted molar refractivity (Wildman–Crippen MR) is 135 cm³/mol. The van der Waals surface area contributed by atoms with Gasteiger partial charge in [-0.25, -0.2) is 0 Å². The van der Waals surface area contributed by atoms with Crippen molar-refractivity contribution in [3.8, 4) is 11.5 Å². The Balaban J connectivity index is 1.38. The van der Waals surface area contributed by atoms with Crippen LogP contribution in [0.25, 0.3) is 17.0 Å². The number of carbonyl (C=O) groups excluding carboxylic acids is 2. The summed E-state index contributed by atoms with van der Waals surface area (Å²) in [5.41, 5.74) is 10.5. The van der Waals surface area contributed by atoms with Crippen LogP contribution in [0.2, 0.25) is 0 Å². The SMILES string of the molecule is C=Cc1ccc(NC(=O)c2ccc3c(c2)OCCO3)cc1Cc1ccc2cc(C(N)=O)ccc2n1. The number of rotatable bonds is 6. The number of hydrogen-bond donors (Lipinski definition) is 2. The second kappa shape index (κ2) is 9.30. The normalized spacial score (nSPS) is 12.2. The summed E-state index contributed by atoms with van der Waals surface area (Å²) in [5.74, 6) is 0.492. The molecule has 0 fully saturated rings. The number of nitrogens with one attached hydrogen (secondary N) is 1. The standard InChI is InChI=1S/C28H23N3O4/c1-2-17-3-7-23(31-28(33)20-6-10-25-26(16-20)35-12-11-34-25)15-21(17)14-22-8-4-18-13-19(27(29)32)5-9-24(18)30-22/h2-10,13,15-16H,1,11-12,14H2,(H2,29,32)(H,31,33). The topological polar surface area (TPSA) is 104 Å². The highest BCUT2D eigenvalue weighted by atomic mass is 16.6. The van der Waals surface area contributed by atoms with Gasteiger partial charge >= 0.3 is 0 Å². The molecule has 1 aliphatic heterocycles. The van der Waals surface area contributed by atoms with Crippen LogP contribution in [0.15, 0.2) is 73.3 Å². The number of nitrogens with two attached hydrogens (primary N) is 1. The van der Waals surface area contributed by atoms with Crippen molar-refractivity contribution in [2.45, 2.75) is 6.42 Å². The zero-order valence-corrected chi connectivity index (χ0v) is 18.9. The molecule has 0 saturated heterocycles. The number of ether oxygens (including phenoxy) is 2. The average molecular weight is 466 g/mol. The molecular weight excluding hydrogens is 442 g/mol. The molecule has 1 aliphatic rings. The summed E-state index contributed by atoms with van der Waals surface area (Å²) in [6, 6.07) is 19.9. The average Bonchev–Trinajstić information content (AvgIpc) is 2.88. The molecule has 3 aromatic carbocycles. The number of aromatic nitrogens is 1. The van der Waals surface area contributed by atoms with Crippen molar-refractivity contribution < 1.29 is 19.1 Å². The molecule has 0 bridgehead atoms. The molecular formula is C28H23N3O4. The number of anilines is 1. The Bertz CT molecular complexity index is 1480. The van der Waals surface area contributed by atoms with Gasteiger partial charge in [-0.1, -0.05) is 24.8 Å². The zero-order valence-electron chi connectivity index (χ0n) is 18.9. The van der Waals surface area contributed by atoms with E-state index in [-0.39, 0.29) is 5.91 Å². The van der Waals surface area contributed by atoms with Gasteiger partial charge in [0.05, 0.1) is 5.52 Å². The quantitative estimate of drug-likeness (QED) is 0.433. The first-order chi connectivity index (χ1) is 17.0. The van der Waals surface area contributed by atoms with Crippen LogP contribution in [0.3, 0.4) is 0 Å². The highest BCUT2D eigenvalue weighted by molar-refractivity contribution is 6.04. The number of amides is 2. The lowest BCUT2D eigenvalue weighted by Gasteiger charge is -2.18. The van der Waals surface area contributed by atoms with E-state index in [1.54, 1.807) is 42.5 Å². The Morgan fingerprint density at radius 1 is 0.943 bits per heavy atom. The van der Waals surface area contributed by atoms with Crippen molar-refractivity contribution >= 4 is 34.5 Å². The number of carbonyl (C=O) groups is 2. The van der Waals surface area contributed by atoms with Crippen molar-refractivity contribution in [3.05, 3.63) is 101 Å². The summed E-state index contributed by atoms with van der Waals surface area (Å²) in [6.07, 6.45) is 2.32. The lowest BCUT2D eigenvalue weighted by atomic mass is 10.0. The summed E-state index contributed by atoms with van der Waals surface area (Å²) in [7, 11) is 0. The van der Waals surface area contributed by atoms with Gasteiger partial charge in [0, 0.05) is 34.3 Å². The maximum absolute atomic E-state index is 12.9. The predicted octanol–water partition coefficient (Wildman–Crippen LogP) is 4.59. The summed E-state index contributed by atoms with van der Waals surface area (Å²) in [4.78, 5) is 29.0. The third kappa shape index (κ3) is 4.70. The fraction of sp³-hybridized carbons (Fsp3) is 0.107. The van der Waals surface area contributed by atoms with Gasteiger partial charge in [0.15, 0.2) is 11.5 Å². The number of benzene rings is 3. The van der Waals surface area contributed by atoms with E-state index in [2.05, 4.69) is 11.9 Å². The number of primary amides is 1. The highest BCUT2D eigenvalue weighted by Crippen LogP contribution is 2.31. The lowest BCUT2D eigenvalue weighted by Crippen LogP contribution is -2.17. The van der Waals surface area contributed by atoms with Crippen LogP contribution in [-0.4, -0.2) is 30.0 Å². The molecule has 0 saturated carbocycles. The van der Waals surface area contributed by atoms with Gasteiger partial charge < -0.3 is 20.5 Å². The molecule has 0 aliphatic carbocycles. The van der Waals surface area contributed by atoms with Crippen LogP contribution in [0.1, 0.15) is 37.5 Å². The molecule has 174 valence electrons. The molecule has 2 amide bonds. The number of hydrogen-bond acceptors (Lipinski definition) is 5. The molecule has 2 heterocycles. The Hall–Kier alpha value is -4.65. The minimum Gasteiger partial charge on any atom is -0.486 e. The maximum atomic E-state index is 12.9. The van der Waals surface area contributed by atoms with E-state index in [4.69, 9.17) is 20.2 Å². The first-order valence-electron chi connectivity index (χ1n) is 11.2. The lowest BCUT2D eigenvalue weighted by molar-refractivity contribution is 0.0997. The van der Waals surface area contributed by atoms with Gasteiger partial charge in [-0.3, -0.25) is 14.6 Å². The fourth-order valence-corrected chi connectivity index (χ4v) is 4.04. The van der Waals surface area contributed by atoms with E-state index >= 15 is 0 Å². The maximum Gasteiger partial charge on any atom is 0.255 e. The largest absolute Gasteiger partial charge is 0.486 e. The van der Waals surface area contributed by atoms with Crippen molar-refractivity contribution in [3.63, 3.8) is 0 Å². The number of nitrogens with zero attached hydrogens (tertiary/aromatic N) is 1. The Labute approximate surface area is 202 Å². The Kier molecular flexibility index (Phi) is 5.89. The third-order valence-electron chi connectivity index (χ3n) is 5.83. The third-order valence-corrected chi connectivity index (χ3v) is 5.83. The zero-order chi connectivity index (χ0) is 24.4. The molecule has 0 unspecified atom stereocenters. The summed E-state index contributed by atoms with van der Waals surface area (Å²) in [5, 5.41) is 3.80. The van der Waals surface area contributed by atoms with E-state index < -0.39 is 5.91 Å². The van der Waals surface area contributed by atoms with Crippen LogP contribution < -0.4 is 20.5 Å². The second-order valence-corrected chi connectivity index (χ2v) is 8.18. The van der Waals surface area contributed by atoms with E-state index in [1.165, 1.54) is 0 Å². The smallest absolute Gasteiger partial charge is 0.255 e. The van der Waals surface area contributed by atoms with Crippen LogP contribution in [0.5, 0.6) is 11.5 Å². The molecule has 3 N–H and O–H groups in total. The minimum absolute atomic E-state index is 0.242. The molecule has 4 aromatic rings. The molecule has 5 rings (SSSR count). The van der Waals surface area contributed by atoms with Crippen LogP contribution >= 0.6 is 0 Å². The van der Waals surface area contributed by atoms with E-state index in [0.29, 0.717) is 47.9 Å². The first-order valence-corrected chi connectivity index (χ1v) is 11.2. The minimum atomic E-state index is -0.471. The molecule has 0 spiro atoms. The van der Waals surface area contributed by atoms with Crippen LogP contribution in [0.4, 0.5) is 5.69 Å². The van der Waals surface area contributed by atoms with Gasteiger partial charge in [0.2, 0.25) is 5.91 Å². The van der Waals surface area contributed by atoms with E-state index in [0.717, 1.165) is 27.7 Å². The molecule has 0 radical (unpaired) electrons. The van der Waals surface area contributed by atoms with Crippen LogP contribution in [-0.2, 0) is 6.42 Å². The van der Waals surface area contributed by atoms with Crippen molar-refractivity contribution in [2.75, 3.05) is 18.5 Å². The summed E-state index contributed by atoms with van der Waals surface area (Å²) >= 11 is 0. The molecule has 7 heteroatoms.